The van der Waals surface area contributed by atoms with Crippen molar-refractivity contribution in [3.05, 3.63) is 60.2 Å². The number of hydrogen-bond acceptors (Lipinski definition) is 4. The van der Waals surface area contributed by atoms with Crippen molar-refractivity contribution < 1.29 is 19.1 Å². The van der Waals surface area contributed by atoms with Gasteiger partial charge in [0.25, 0.3) is 0 Å². The summed E-state index contributed by atoms with van der Waals surface area (Å²) in [5.41, 5.74) is 2.09. The van der Waals surface area contributed by atoms with E-state index in [2.05, 4.69) is 24.3 Å². The van der Waals surface area contributed by atoms with Crippen LogP contribution >= 0.6 is 0 Å². The maximum absolute atomic E-state index is 12.9. The van der Waals surface area contributed by atoms with Crippen LogP contribution in [0.3, 0.4) is 0 Å². The molecule has 1 aliphatic rings. The summed E-state index contributed by atoms with van der Waals surface area (Å²) >= 11 is 0. The molecule has 172 valence electrons. The van der Waals surface area contributed by atoms with Gasteiger partial charge in [0.05, 0.1) is 11.3 Å². The van der Waals surface area contributed by atoms with Gasteiger partial charge in [0.2, 0.25) is 0 Å². The first-order valence-electron chi connectivity index (χ1n) is 11.7. The second kappa shape index (κ2) is 9.89. The summed E-state index contributed by atoms with van der Waals surface area (Å²) in [7, 11) is 0. The molecule has 0 saturated heterocycles. The lowest BCUT2D eigenvalue weighted by molar-refractivity contribution is -0.167. The highest BCUT2D eigenvalue weighted by Crippen LogP contribution is 2.33. The molecule has 0 amide bonds. The van der Waals surface area contributed by atoms with E-state index in [9.17, 15) is 9.59 Å². The van der Waals surface area contributed by atoms with Crippen LogP contribution < -0.4 is 0 Å². The van der Waals surface area contributed by atoms with Crippen molar-refractivity contribution >= 4 is 11.9 Å². The van der Waals surface area contributed by atoms with Gasteiger partial charge in [-0.2, -0.15) is 0 Å². The lowest BCUT2D eigenvalue weighted by atomic mass is 9.86. The standard InChI is InChI=1S/C28H36O4/c1-6-27(2,3)26(30)31-24-18-14-22(15-19-24)25(29)32-28(4,5)23-16-12-21(13-17-23)20-10-8-7-9-11-20/h7-13,16-17,22,24H,6,14-15,18-19H2,1-5H3. The van der Waals surface area contributed by atoms with Crippen molar-refractivity contribution in [1.29, 1.82) is 0 Å². The second-order valence-corrected chi connectivity index (χ2v) is 9.99. The molecule has 1 saturated carbocycles. The number of carbonyl (C=O) groups is 2. The van der Waals surface area contributed by atoms with Crippen molar-refractivity contribution in [3.8, 4) is 11.1 Å². The van der Waals surface area contributed by atoms with Gasteiger partial charge in [-0.1, -0.05) is 61.5 Å². The molecule has 4 nitrogen and oxygen atoms in total. The van der Waals surface area contributed by atoms with Gasteiger partial charge in [-0.05, 0) is 76.5 Å². The van der Waals surface area contributed by atoms with Crippen molar-refractivity contribution in [2.75, 3.05) is 0 Å². The average Bonchev–Trinajstić information content (AvgIpc) is 2.80. The van der Waals surface area contributed by atoms with Gasteiger partial charge in [0.1, 0.15) is 11.7 Å². The number of carbonyl (C=O) groups excluding carboxylic acids is 2. The molecule has 0 heterocycles. The van der Waals surface area contributed by atoms with Gasteiger partial charge >= 0.3 is 11.9 Å². The zero-order chi connectivity index (χ0) is 23.4. The van der Waals surface area contributed by atoms with E-state index < -0.39 is 11.0 Å². The van der Waals surface area contributed by atoms with Crippen LogP contribution in [0.5, 0.6) is 0 Å². The number of esters is 2. The van der Waals surface area contributed by atoms with E-state index >= 15 is 0 Å². The molecule has 0 spiro atoms. The lowest BCUT2D eigenvalue weighted by Gasteiger charge is -2.32. The molecule has 0 bridgehead atoms. The predicted octanol–water partition coefficient (Wildman–Crippen LogP) is 6.67. The molecular weight excluding hydrogens is 400 g/mol. The van der Waals surface area contributed by atoms with Crippen LogP contribution in [0.2, 0.25) is 0 Å². The fraction of sp³-hybridized carbons (Fsp3) is 0.500. The molecule has 2 aromatic carbocycles. The summed E-state index contributed by atoms with van der Waals surface area (Å²) in [5, 5.41) is 0. The Balaban J connectivity index is 1.55. The van der Waals surface area contributed by atoms with Gasteiger partial charge < -0.3 is 9.47 Å². The Hall–Kier alpha value is -2.62. The number of hydrogen-bond donors (Lipinski definition) is 0. The smallest absolute Gasteiger partial charge is 0.311 e. The topological polar surface area (TPSA) is 52.6 Å². The van der Waals surface area contributed by atoms with E-state index in [1.807, 2.05) is 65.0 Å². The molecule has 0 aliphatic heterocycles. The van der Waals surface area contributed by atoms with Crippen molar-refractivity contribution in [3.63, 3.8) is 0 Å². The summed E-state index contributed by atoms with van der Waals surface area (Å²) in [4.78, 5) is 25.2. The van der Waals surface area contributed by atoms with E-state index in [0.717, 1.165) is 23.1 Å². The monoisotopic (exact) mass is 436 g/mol. The third kappa shape index (κ3) is 5.79. The van der Waals surface area contributed by atoms with Crippen LogP contribution in [0, 0.1) is 11.3 Å². The summed E-state index contributed by atoms with van der Waals surface area (Å²) in [6.07, 6.45) is 3.43. The van der Waals surface area contributed by atoms with E-state index in [0.29, 0.717) is 25.7 Å². The molecule has 0 atom stereocenters. The zero-order valence-electron chi connectivity index (χ0n) is 20.0. The number of rotatable bonds is 7. The van der Waals surface area contributed by atoms with E-state index in [1.54, 1.807) is 0 Å². The summed E-state index contributed by atoms with van der Waals surface area (Å²) in [6.45, 7) is 9.68. The quantitative estimate of drug-likeness (QED) is 0.455. The van der Waals surface area contributed by atoms with Gasteiger partial charge in [-0.25, -0.2) is 0 Å². The third-order valence-corrected chi connectivity index (χ3v) is 6.76. The van der Waals surface area contributed by atoms with Crippen LogP contribution in [0.25, 0.3) is 11.1 Å². The molecule has 0 unspecified atom stereocenters. The Labute approximate surface area is 192 Å². The fourth-order valence-corrected chi connectivity index (χ4v) is 3.96. The first-order valence-corrected chi connectivity index (χ1v) is 11.7. The molecule has 2 aromatic rings. The maximum Gasteiger partial charge on any atom is 0.311 e. The zero-order valence-corrected chi connectivity index (χ0v) is 20.0. The van der Waals surface area contributed by atoms with Gasteiger partial charge in [0.15, 0.2) is 0 Å². The Bertz CT molecular complexity index is 904. The average molecular weight is 437 g/mol. The van der Waals surface area contributed by atoms with Gasteiger partial charge in [0, 0.05) is 0 Å². The highest BCUT2D eigenvalue weighted by atomic mass is 16.6. The van der Waals surface area contributed by atoms with Crippen LogP contribution in [0.15, 0.2) is 54.6 Å². The Morgan fingerprint density at radius 3 is 1.97 bits per heavy atom. The maximum atomic E-state index is 12.9. The molecule has 0 radical (unpaired) electrons. The first kappa shape index (κ1) is 24.0. The predicted molar refractivity (Wildman–Crippen MR) is 127 cm³/mol. The van der Waals surface area contributed by atoms with E-state index in [4.69, 9.17) is 9.47 Å². The van der Waals surface area contributed by atoms with Crippen molar-refractivity contribution in [2.45, 2.75) is 78.4 Å². The Morgan fingerprint density at radius 2 is 1.41 bits per heavy atom. The number of ether oxygens (including phenoxy) is 2. The van der Waals surface area contributed by atoms with E-state index in [1.165, 1.54) is 0 Å². The van der Waals surface area contributed by atoms with Crippen molar-refractivity contribution in [2.24, 2.45) is 11.3 Å². The SMILES string of the molecule is CCC(C)(C)C(=O)OC1CCC(C(=O)OC(C)(C)c2ccc(-c3ccccc3)cc2)CC1. The fourth-order valence-electron chi connectivity index (χ4n) is 3.96. The van der Waals surface area contributed by atoms with Gasteiger partial charge in [-0.15, -0.1) is 0 Å². The minimum absolute atomic E-state index is 0.101. The van der Waals surface area contributed by atoms with Gasteiger partial charge in [-0.3, -0.25) is 9.59 Å². The molecule has 3 rings (SSSR count). The molecular formula is C28H36O4. The molecule has 0 aromatic heterocycles. The highest BCUT2D eigenvalue weighted by Gasteiger charge is 2.35. The largest absolute Gasteiger partial charge is 0.462 e. The summed E-state index contributed by atoms with van der Waals surface area (Å²) in [5.74, 6) is -0.459. The Morgan fingerprint density at radius 1 is 0.844 bits per heavy atom. The minimum atomic E-state index is -0.708. The normalized spacial score (nSPS) is 19.3. The number of benzene rings is 2. The van der Waals surface area contributed by atoms with Crippen LogP contribution in [0.4, 0.5) is 0 Å². The molecule has 0 N–H and O–H groups in total. The summed E-state index contributed by atoms with van der Waals surface area (Å²) < 4.78 is 11.7. The highest BCUT2D eigenvalue weighted by molar-refractivity contribution is 5.76. The minimum Gasteiger partial charge on any atom is -0.462 e. The molecule has 1 fully saturated rings. The van der Waals surface area contributed by atoms with Crippen LogP contribution in [0.1, 0.15) is 72.3 Å². The first-order chi connectivity index (χ1) is 15.1. The van der Waals surface area contributed by atoms with Crippen LogP contribution in [-0.4, -0.2) is 18.0 Å². The molecule has 4 heteroatoms. The third-order valence-electron chi connectivity index (χ3n) is 6.76. The van der Waals surface area contributed by atoms with Crippen molar-refractivity contribution in [1.82, 2.24) is 0 Å². The molecule has 32 heavy (non-hydrogen) atoms. The lowest BCUT2D eigenvalue weighted by Crippen LogP contribution is -2.35. The second-order valence-electron chi connectivity index (χ2n) is 9.99. The van der Waals surface area contributed by atoms with E-state index in [-0.39, 0.29) is 24.0 Å². The summed E-state index contributed by atoms with van der Waals surface area (Å²) in [6, 6.07) is 18.4. The molecule has 1 aliphatic carbocycles. The van der Waals surface area contributed by atoms with Crippen LogP contribution in [-0.2, 0) is 24.7 Å². The Kier molecular flexibility index (Phi) is 7.43.